The second-order valence-electron chi connectivity index (χ2n) is 4.38. The molecule has 0 atom stereocenters. The molecule has 3 N–H and O–H groups in total. The second kappa shape index (κ2) is 5.88. The van der Waals surface area contributed by atoms with Crippen LogP contribution < -0.4 is 15.8 Å². The molecule has 0 aliphatic carbocycles. The summed E-state index contributed by atoms with van der Waals surface area (Å²) in [6.45, 7) is 1.94. The standard InChI is InChI=1S/C15H15FN2OS/c1-9-3-6-13(11(7-9)15(17)20)18-14-8-10(19-2)4-5-12(14)16/h3-8,18H,1-2H3,(H2,17,20). The number of hydrogen-bond donors (Lipinski definition) is 2. The largest absolute Gasteiger partial charge is 0.497 e. The van der Waals surface area contributed by atoms with Crippen molar-refractivity contribution >= 4 is 28.6 Å². The van der Waals surface area contributed by atoms with E-state index in [0.29, 0.717) is 22.7 Å². The highest BCUT2D eigenvalue weighted by atomic mass is 32.1. The van der Waals surface area contributed by atoms with Crippen molar-refractivity contribution in [3.63, 3.8) is 0 Å². The smallest absolute Gasteiger partial charge is 0.146 e. The van der Waals surface area contributed by atoms with E-state index in [1.807, 2.05) is 25.1 Å². The molecule has 0 saturated carbocycles. The van der Waals surface area contributed by atoms with Crippen molar-refractivity contribution in [2.45, 2.75) is 6.92 Å². The quantitative estimate of drug-likeness (QED) is 0.846. The summed E-state index contributed by atoms with van der Waals surface area (Å²) < 4.78 is 18.9. The van der Waals surface area contributed by atoms with Gasteiger partial charge in [0.1, 0.15) is 16.6 Å². The van der Waals surface area contributed by atoms with Gasteiger partial charge in [-0.2, -0.15) is 0 Å². The molecule has 3 nitrogen and oxygen atoms in total. The Bertz CT molecular complexity index is 658. The lowest BCUT2D eigenvalue weighted by atomic mass is 10.1. The first-order chi connectivity index (χ1) is 9.51. The Morgan fingerprint density at radius 1 is 1.20 bits per heavy atom. The van der Waals surface area contributed by atoms with E-state index in [1.54, 1.807) is 12.1 Å². The van der Waals surface area contributed by atoms with Crippen LogP contribution >= 0.6 is 12.2 Å². The molecule has 0 amide bonds. The van der Waals surface area contributed by atoms with E-state index in [1.165, 1.54) is 13.2 Å². The van der Waals surface area contributed by atoms with Crippen molar-refractivity contribution in [3.05, 3.63) is 53.3 Å². The molecule has 0 saturated heterocycles. The SMILES string of the molecule is COc1ccc(F)c(Nc2ccc(C)cc2C(N)=S)c1. The molecule has 5 heteroatoms. The third-order valence-electron chi connectivity index (χ3n) is 2.88. The fraction of sp³-hybridized carbons (Fsp3) is 0.133. The van der Waals surface area contributed by atoms with Crippen LogP contribution in [0.2, 0.25) is 0 Å². The molecule has 0 aliphatic heterocycles. The van der Waals surface area contributed by atoms with Crippen LogP contribution in [0.5, 0.6) is 5.75 Å². The summed E-state index contributed by atoms with van der Waals surface area (Å²) in [6, 6.07) is 10.1. The molecule has 0 heterocycles. The number of nitrogens with two attached hydrogens (primary N) is 1. The fourth-order valence-corrected chi connectivity index (χ4v) is 2.01. The predicted molar refractivity (Wildman–Crippen MR) is 83.3 cm³/mol. The number of hydrogen-bond acceptors (Lipinski definition) is 3. The van der Waals surface area contributed by atoms with Crippen molar-refractivity contribution < 1.29 is 9.13 Å². The highest BCUT2D eigenvalue weighted by Gasteiger charge is 2.09. The lowest BCUT2D eigenvalue weighted by Crippen LogP contribution is -2.12. The Morgan fingerprint density at radius 3 is 2.60 bits per heavy atom. The van der Waals surface area contributed by atoms with Crippen molar-refractivity contribution in [2.75, 3.05) is 12.4 Å². The van der Waals surface area contributed by atoms with Gasteiger partial charge in [0, 0.05) is 17.3 Å². The number of ether oxygens (including phenoxy) is 1. The zero-order valence-electron chi connectivity index (χ0n) is 11.2. The average Bonchev–Trinajstić information content (AvgIpc) is 2.42. The normalized spacial score (nSPS) is 10.2. The Hall–Kier alpha value is -2.14. The molecule has 0 spiro atoms. The molecule has 104 valence electrons. The summed E-state index contributed by atoms with van der Waals surface area (Å²) in [7, 11) is 1.53. The number of rotatable bonds is 4. The van der Waals surface area contributed by atoms with Crippen LogP contribution in [0.25, 0.3) is 0 Å². The van der Waals surface area contributed by atoms with E-state index in [4.69, 9.17) is 22.7 Å². The van der Waals surface area contributed by atoms with Crippen molar-refractivity contribution in [2.24, 2.45) is 5.73 Å². The number of anilines is 2. The van der Waals surface area contributed by atoms with Gasteiger partial charge in [-0.25, -0.2) is 4.39 Å². The number of thiocarbonyl (C=S) groups is 1. The van der Waals surface area contributed by atoms with E-state index in [2.05, 4.69) is 5.32 Å². The van der Waals surface area contributed by atoms with Crippen LogP contribution in [0.1, 0.15) is 11.1 Å². The van der Waals surface area contributed by atoms with Crippen LogP contribution in [0.15, 0.2) is 36.4 Å². The summed E-state index contributed by atoms with van der Waals surface area (Å²) in [5.74, 6) is 0.193. The molecular formula is C15H15FN2OS. The number of halogens is 1. The first-order valence-electron chi connectivity index (χ1n) is 6.02. The molecule has 0 unspecified atom stereocenters. The van der Waals surface area contributed by atoms with Gasteiger partial charge in [0.25, 0.3) is 0 Å². The minimum atomic E-state index is -0.375. The van der Waals surface area contributed by atoms with E-state index >= 15 is 0 Å². The summed E-state index contributed by atoms with van der Waals surface area (Å²) in [5, 5.41) is 3.00. The molecule has 2 aromatic rings. The summed E-state index contributed by atoms with van der Waals surface area (Å²) in [5.41, 5.74) is 8.39. The molecule has 0 fully saturated rings. The highest BCUT2D eigenvalue weighted by molar-refractivity contribution is 7.80. The fourth-order valence-electron chi connectivity index (χ4n) is 1.84. The molecule has 20 heavy (non-hydrogen) atoms. The summed E-state index contributed by atoms with van der Waals surface area (Å²) >= 11 is 5.03. The van der Waals surface area contributed by atoms with Crippen LogP contribution in [0.3, 0.4) is 0 Å². The zero-order valence-corrected chi connectivity index (χ0v) is 12.1. The Balaban J connectivity index is 2.42. The number of aryl methyl sites for hydroxylation is 1. The van der Waals surface area contributed by atoms with Crippen LogP contribution in [0.4, 0.5) is 15.8 Å². The average molecular weight is 290 g/mol. The molecule has 0 bridgehead atoms. The molecule has 0 aromatic heterocycles. The Morgan fingerprint density at radius 2 is 1.95 bits per heavy atom. The maximum absolute atomic E-state index is 13.8. The molecule has 2 rings (SSSR count). The first kappa shape index (κ1) is 14.3. The van der Waals surface area contributed by atoms with Gasteiger partial charge in [-0.1, -0.05) is 23.8 Å². The van der Waals surface area contributed by atoms with Crippen molar-refractivity contribution in [3.8, 4) is 5.75 Å². The number of methoxy groups -OCH3 is 1. The third-order valence-corrected chi connectivity index (χ3v) is 3.10. The summed E-state index contributed by atoms with van der Waals surface area (Å²) in [4.78, 5) is 0.263. The number of nitrogens with one attached hydrogen (secondary N) is 1. The van der Waals surface area contributed by atoms with Gasteiger partial charge in [-0.15, -0.1) is 0 Å². The maximum Gasteiger partial charge on any atom is 0.146 e. The minimum Gasteiger partial charge on any atom is -0.497 e. The van der Waals surface area contributed by atoms with E-state index in [-0.39, 0.29) is 10.8 Å². The molecule has 0 aliphatic rings. The molecule has 0 radical (unpaired) electrons. The van der Waals surface area contributed by atoms with E-state index in [0.717, 1.165) is 5.56 Å². The van der Waals surface area contributed by atoms with Gasteiger partial charge < -0.3 is 15.8 Å². The minimum absolute atomic E-state index is 0.263. The van der Waals surface area contributed by atoms with E-state index in [9.17, 15) is 4.39 Å². The van der Waals surface area contributed by atoms with Gasteiger partial charge in [0.15, 0.2) is 0 Å². The van der Waals surface area contributed by atoms with Crippen LogP contribution in [-0.2, 0) is 0 Å². The lowest BCUT2D eigenvalue weighted by Gasteiger charge is -2.13. The third kappa shape index (κ3) is 3.05. The van der Waals surface area contributed by atoms with Gasteiger partial charge in [-0.3, -0.25) is 0 Å². The predicted octanol–water partition coefficient (Wildman–Crippen LogP) is 3.52. The molecule has 2 aromatic carbocycles. The zero-order chi connectivity index (χ0) is 14.7. The van der Waals surface area contributed by atoms with E-state index < -0.39 is 0 Å². The van der Waals surface area contributed by atoms with Crippen molar-refractivity contribution in [1.82, 2.24) is 0 Å². The molecular weight excluding hydrogens is 275 g/mol. The maximum atomic E-state index is 13.8. The van der Waals surface area contributed by atoms with Crippen LogP contribution in [-0.4, -0.2) is 12.1 Å². The van der Waals surface area contributed by atoms with Crippen molar-refractivity contribution in [1.29, 1.82) is 0 Å². The highest BCUT2D eigenvalue weighted by Crippen LogP contribution is 2.27. The second-order valence-corrected chi connectivity index (χ2v) is 4.82. The Labute approximate surface area is 122 Å². The first-order valence-corrected chi connectivity index (χ1v) is 6.43. The van der Waals surface area contributed by atoms with Crippen LogP contribution in [0, 0.1) is 12.7 Å². The topological polar surface area (TPSA) is 47.3 Å². The summed E-state index contributed by atoms with van der Waals surface area (Å²) in [6.07, 6.45) is 0. The number of benzene rings is 2. The van der Waals surface area contributed by atoms with Gasteiger partial charge in [0.2, 0.25) is 0 Å². The van der Waals surface area contributed by atoms with Gasteiger partial charge in [-0.05, 0) is 31.2 Å². The Kier molecular flexibility index (Phi) is 4.20. The lowest BCUT2D eigenvalue weighted by molar-refractivity contribution is 0.414. The monoisotopic (exact) mass is 290 g/mol. The van der Waals surface area contributed by atoms with Gasteiger partial charge >= 0.3 is 0 Å². The van der Waals surface area contributed by atoms with Gasteiger partial charge in [0.05, 0.1) is 12.8 Å².